The zero-order valence-electron chi connectivity index (χ0n) is 5.57. The van der Waals surface area contributed by atoms with Gasteiger partial charge in [0.25, 0.3) is 0 Å². The van der Waals surface area contributed by atoms with Crippen molar-refractivity contribution in [1.82, 2.24) is 10.6 Å². The highest BCUT2D eigenvalue weighted by molar-refractivity contribution is 4.38. The molecule has 4 heteroatoms. The second kappa shape index (κ2) is 15.8. The van der Waals surface area contributed by atoms with E-state index in [1.807, 2.05) is 14.1 Å². The second-order valence-electron chi connectivity index (χ2n) is 1.21. The first-order chi connectivity index (χ1) is 3.91. The number of nitrogens with two attached hydrogens (primary N) is 2. The van der Waals surface area contributed by atoms with Crippen LogP contribution in [0.25, 0.3) is 0 Å². The summed E-state index contributed by atoms with van der Waals surface area (Å²) < 4.78 is 0. The van der Waals surface area contributed by atoms with Crippen LogP contribution in [0.4, 0.5) is 0 Å². The van der Waals surface area contributed by atoms with Gasteiger partial charge >= 0.3 is 0 Å². The fourth-order valence-electron chi connectivity index (χ4n) is 0.250. The molecular weight excluding hydrogens is 104 g/mol. The average molecular weight is 120 g/mol. The summed E-state index contributed by atoms with van der Waals surface area (Å²) in [7, 11) is 3.88. The second-order valence-corrected chi connectivity index (χ2v) is 1.21. The summed E-state index contributed by atoms with van der Waals surface area (Å²) in [5, 5.41) is 6.01. The minimum Gasteiger partial charge on any atom is -0.318 e. The van der Waals surface area contributed by atoms with E-state index in [-0.39, 0.29) is 0 Å². The molecule has 0 saturated heterocycles. The van der Waals surface area contributed by atoms with Crippen LogP contribution < -0.4 is 22.3 Å². The van der Waals surface area contributed by atoms with Gasteiger partial charge in [0.2, 0.25) is 0 Å². The number of hydrogen-bond acceptors (Lipinski definition) is 4. The average Bonchev–Trinajstić information content (AvgIpc) is 1.88. The molecule has 0 aromatic heterocycles. The van der Waals surface area contributed by atoms with Crippen molar-refractivity contribution < 1.29 is 0 Å². The maximum atomic E-state index is 4.00. The highest BCUT2D eigenvalue weighted by atomic mass is 15.0. The Balaban J connectivity index is 0. The molecule has 0 spiro atoms. The molecular formula is C4H16N4. The minimum absolute atomic E-state index is 1.05. The first-order valence-electron chi connectivity index (χ1n) is 2.54. The van der Waals surface area contributed by atoms with Crippen LogP contribution in [0.2, 0.25) is 0 Å². The van der Waals surface area contributed by atoms with Crippen LogP contribution in [-0.2, 0) is 0 Å². The molecule has 0 fully saturated rings. The molecule has 0 aliphatic rings. The summed E-state index contributed by atoms with van der Waals surface area (Å²) in [6.45, 7) is 2.10. The van der Waals surface area contributed by atoms with Crippen LogP contribution >= 0.6 is 0 Å². The third-order valence-corrected chi connectivity index (χ3v) is 0.625. The minimum atomic E-state index is 1.05. The molecule has 0 atom stereocenters. The van der Waals surface area contributed by atoms with Gasteiger partial charge in [0.15, 0.2) is 0 Å². The zero-order chi connectivity index (χ0) is 6.83. The van der Waals surface area contributed by atoms with Crippen molar-refractivity contribution >= 4 is 0 Å². The number of nitrogens with one attached hydrogen (secondary N) is 2. The predicted octanol–water partition coefficient (Wildman–Crippen LogP) is -1.76. The van der Waals surface area contributed by atoms with Gasteiger partial charge in [0.1, 0.15) is 0 Å². The van der Waals surface area contributed by atoms with E-state index < -0.39 is 0 Å². The number of likely N-dealkylation sites (N-methyl/N-ethyl adjacent to an activating group) is 2. The highest BCUT2D eigenvalue weighted by Gasteiger charge is 1.70. The van der Waals surface area contributed by atoms with Crippen LogP contribution in [0.5, 0.6) is 0 Å². The smallest absolute Gasteiger partial charge is 0.00736 e. The fourth-order valence-corrected chi connectivity index (χ4v) is 0.250. The summed E-state index contributed by atoms with van der Waals surface area (Å²) in [6.07, 6.45) is 0. The first-order valence-corrected chi connectivity index (χ1v) is 2.54. The molecule has 0 rings (SSSR count). The van der Waals surface area contributed by atoms with Crippen LogP contribution in [0, 0.1) is 0 Å². The first kappa shape index (κ1) is 10.8. The summed E-state index contributed by atoms with van der Waals surface area (Å²) in [4.78, 5) is 0. The molecule has 0 heterocycles. The summed E-state index contributed by atoms with van der Waals surface area (Å²) in [6, 6.07) is 0. The molecule has 0 aromatic rings. The topological polar surface area (TPSA) is 76.1 Å². The lowest BCUT2D eigenvalue weighted by Gasteiger charge is -1.92. The van der Waals surface area contributed by atoms with E-state index in [0.29, 0.717) is 0 Å². The van der Waals surface area contributed by atoms with Crippen LogP contribution in [-0.4, -0.2) is 27.2 Å². The number of rotatable bonds is 3. The van der Waals surface area contributed by atoms with Crippen molar-refractivity contribution in [2.24, 2.45) is 11.7 Å². The summed E-state index contributed by atoms with van der Waals surface area (Å²) >= 11 is 0. The number of hydrogen-bond donors (Lipinski definition) is 4. The van der Waals surface area contributed by atoms with Crippen molar-refractivity contribution in [3.63, 3.8) is 0 Å². The molecule has 0 aromatic carbocycles. The Kier molecular flexibility index (Phi) is 21.3. The van der Waals surface area contributed by atoms with E-state index in [1.54, 1.807) is 0 Å². The van der Waals surface area contributed by atoms with E-state index in [1.165, 1.54) is 0 Å². The van der Waals surface area contributed by atoms with Gasteiger partial charge in [0, 0.05) is 13.1 Å². The Morgan fingerprint density at radius 3 is 1.38 bits per heavy atom. The van der Waals surface area contributed by atoms with Crippen molar-refractivity contribution in [3.8, 4) is 0 Å². The van der Waals surface area contributed by atoms with Crippen LogP contribution in [0.15, 0.2) is 0 Å². The molecule has 52 valence electrons. The lowest BCUT2D eigenvalue weighted by Crippen LogP contribution is -2.21. The molecule has 0 bridgehead atoms. The predicted molar refractivity (Wildman–Crippen MR) is 36.2 cm³/mol. The van der Waals surface area contributed by atoms with Gasteiger partial charge in [0.05, 0.1) is 0 Å². The Bertz CT molecular complexity index is 20.0. The molecule has 6 N–H and O–H groups in total. The van der Waals surface area contributed by atoms with Gasteiger partial charge in [-0.1, -0.05) is 0 Å². The van der Waals surface area contributed by atoms with Gasteiger partial charge in [-0.2, -0.15) is 0 Å². The normalized spacial score (nSPS) is 7.50. The quantitative estimate of drug-likeness (QED) is 0.202. The van der Waals surface area contributed by atoms with Gasteiger partial charge < -0.3 is 10.6 Å². The maximum absolute atomic E-state index is 4.00. The van der Waals surface area contributed by atoms with Gasteiger partial charge in [-0.05, 0) is 14.1 Å². The monoisotopic (exact) mass is 120 g/mol. The largest absolute Gasteiger partial charge is 0.318 e. The molecule has 0 radical (unpaired) electrons. The lowest BCUT2D eigenvalue weighted by molar-refractivity contribution is 0.718. The van der Waals surface area contributed by atoms with Crippen molar-refractivity contribution in [2.75, 3.05) is 27.2 Å². The highest BCUT2D eigenvalue weighted by Crippen LogP contribution is 1.45. The molecule has 8 heavy (non-hydrogen) atoms. The van der Waals surface area contributed by atoms with Crippen molar-refractivity contribution in [1.29, 1.82) is 0 Å². The summed E-state index contributed by atoms with van der Waals surface area (Å²) in [5.74, 6) is 8.00. The Morgan fingerprint density at radius 2 is 1.25 bits per heavy atom. The van der Waals surface area contributed by atoms with E-state index >= 15 is 0 Å². The molecule has 4 nitrogen and oxygen atoms in total. The lowest BCUT2D eigenvalue weighted by atomic mass is 10.6. The third kappa shape index (κ3) is 17.0. The molecule has 0 unspecified atom stereocenters. The van der Waals surface area contributed by atoms with Gasteiger partial charge in [-0.3, -0.25) is 11.7 Å². The Morgan fingerprint density at radius 1 is 1.00 bits per heavy atom. The molecule has 0 aliphatic heterocycles. The van der Waals surface area contributed by atoms with Gasteiger partial charge in [-0.25, -0.2) is 0 Å². The fraction of sp³-hybridized carbons (Fsp3) is 1.00. The van der Waals surface area contributed by atoms with E-state index in [2.05, 4.69) is 22.3 Å². The standard InChI is InChI=1S/C4H12N2.H4N2/c1-5-3-4-6-2;1-2/h5-6H,3-4H2,1-2H3;1-2H2. The van der Waals surface area contributed by atoms with E-state index in [0.717, 1.165) is 13.1 Å². The number of hydrazine groups is 1. The van der Waals surface area contributed by atoms with E-state index in [4.69, 9.17) is 0 Å². The SMILES string of the molecule is CNCCNC.NN. The Hall–Kier alpha value is -0.160. The summed E-state index contributed by atoms with van der Waals surface area (Å²) in [5.41, 5.74) is 0. The molecule has 0 amide bonds. The van der Waals surface area contributed by atoms with E-state index in [9.17, 15) is 0 Å². The Labute approximate surface area is 50.6 Å². The zero-order valence-corrected chi connectivity index (χ0v) is 5.57. The van der Waals surface area contributed by atoms with Gasteiger partial charge in [-0.15, -0.1) is 0 Å². The van der Waals surface area contributed by atoms with Crippen molar-refractivity contribution in [2.45, 2.75) is 0 Å². The third-order valence-electron chi connectivity index (χ3n) is 0.625. The molecule has 0 saturated carbocycles. The molecule has 0 aliphatic carbocycles. The maximum Gasteiger partial charge on any atom is 0.00736 e. The van der Waals surface area contributed by atoms with Crippen LogP contribution in [0.1, 0.15) is 0 Å². The van der Waals surface area contributed by atoms with Crippen molar-refractivity contribution in [3.05, 3.63) is 0 Å². The van der Waals surface area contributed by atoms with Crippen LogP contribution in [0.3, 0.4) is 0 Å².